The summed E-state index contributed by atoms with van der Waals surface area (Å²) >= 11 is 0. The average Bonchev–Trinajstić information content (AvgIpc) is 3.70. The van der Waals surface area contributed by atoms with Crippen LogP contribution in [-0.4, -0.2) is 19.5 Å². The number of allylic oxidation sites excluding steroid dienone is 6. The summed E-state index contributed by atoms with van der Waals surface area (Å²) in [6.45, 7) is 4.59. The van der Waals surface area contributed by atoms with Crippen molar-refractivity contribution in [2.45, 2.75) is 32.1 Å². The second-order valence-corrected chi connectivity index (χ2v) is 16.4. The van der Waals surface area contributed by atoms with E-state index in [0.717, 1.165) is 113 Å². The molecule has 12 rings (SSSR count). The molecule has 0 N–H and O–H groups in total. The fraction of sp³-hybridized carbons (Fsp3) is 0.0893. The van der Waals surface area contributed by atoms with Crippen LogP contribution in [0.15, 0.2) is 186 Å². The number of aromatic nitrogens is 4. The highest BCUT2D eigenvalue weighted by Crippen LogP contribution is 2.55. The number of nitrogens with zero attached hydrogens (tertiary/aromatic N) is 4. The largest absolute Gasteiger partial charge is 0.456 e. The quantitative estimate of drug-likeness (QED) is 0.168. The van der Waals surface area contributed by atoms with Gasteiger partial charge in [0, 0.05) is 66.5 Å². The Kier molecular flexibility index (Phi) is 8.22. The number of para-hydroxylation sites is 4. The first-order valence-corrected chi connectivity index (χ1v) is 21.3. The van der Waals surface area contributed by atoms with Crippen molar-refractivity contribution in [1.82, 2.24) is 19.5 Å². The first kappa shape index (κ1) is 36.1. The van der Waals surface area contributed by atoms with Crippen molar-refractivity contribution >= 4 is 49.3 Å². The molecule has 1 atom stereocenters. The van der Waals surface area contributed by atoms with Crippen molar-refractivity contribution in [2.24, 2.45) is 0 Å². The molecule has 0 fully saturated rings. The van der Waals surface area contributed by atoms with Crippen LogP contribution in [0.4, 0.5) is 0 Å². The van der Waals surface area contributed by atoms with Crippen LogP contribution in [0, 0.1) is 0 Å². The molecule has 4 heterocycles. The monoisotopic (exact) mass is 800 g/mol. The van der Waals surface area contributed by atoms with E-state index in [2.05, 4.69) is 158 Å². The topological polar surface area (TPSA) is 66.0 Å². The van der Waals surface area contributed by atoms with Crippen LogP contribution in [0.3, 0.4) is 0 Å². The molecule has 62 heavy (non-hydrogen) atoms. The van der Waals surface area contributed by atoms with Gasteiger partial charge in [-0.3, -0.25) is 0 Å². The zero-order chi connectivity index (χ0) is 41.4. The van der Waals surface area contributed by atoms with Gasteiger partial charge in [0.15, 0.2) is 17.5 Å². The molecule has 0 amide bonds. The molecule has 1 aliphatic heterocycles. The van der Waals surface area contributed by atoms with E-state index in [0.29, 0.717) is 17.5 Å². The molecule has 3 aromatic heterocycles. The molecular formula is C56H40N4O2. The fourth-order valence-corrected chi connectivity index (χ4v) is 9.53. The summed E-state index contributed by atoms with van der Waals surface area (Å²) < 4.78 is 16.1. The molecule has 0 saturated heterocycles. The molecule has 0 radical (unpaired) electrons. The Morgan fingerprint density at radius 3 is 2.10 bits per heavy atom. The standard InChI is InChI=1S/C56H40N4O2/c1-3-56(2)45-27-16-25-39(37-30-31-47-42(32-37)43-33-44-40-24-14-15-29-49(40)61-50(44)34-48(43)60(47)38-22-12-7-13-23-38)51(45)62-52-41(26-17-28-46(52)56)55-58-53(35-18-8-4-5-9-19-35)57-54(59-55)36-20-10-6-11-21-36/h4,6-34H,3,5H2,1-2H3. The third kappa shape index (κ3) is 5.60. The number of fused-ring (bicyclic) bond motifs is 8. The molecule has 6 heteroatoms. The third-order valence-electron chi connectivity index (χ3n) is 12.9. The van der Waals surface area contributed by atoms with Crippen LogP contribution in [0.1, 0.15) is 43.6 Å². The minimum atomic E-state index is -0.355. The Morgan fingerprint density at radius 1 is 0.565 bits per heavy atom. The van der Waals surface area contributed by atoms with Crippen molar-refractivity contribution in [1.29, 1.82) is 0 Å². The van der Waals surface area contributed by atoms with Crippen molar-refractivity contribution in [2.75, 3.05) is 0 Å². The first-order chi connectivity index (χ1) is 30.6. The lowest BCUT2D eigenvalue weighted by atomic mass is 9.71. The van der Waals surface area contributed by atoms with Gasteiger partial charge in [-0.25, -0.2) is 15.0 Å². The molecule has 6 nitrogen and oxygen atoms in total. The van der Waals surface area contributed by atoms with Crippen LogP contribution < -0.4 is 4.74 Å². The lowest BCUT2D eigenvalue weighted by Gasteiger charge is -2.38. The molecule has 0 spiro atoms. The number of furan rings is 1. The van der Waals surface area contributed by atoms with Crippen LogP contribution >= 0.6 is 0 Å². The molecule has 10 aromatic rings. The van der Waals surface area contributed by atoms with Gasteiger partial charge in [0.2, 0.25) is 0 Å². The van der Waals surface area contributed by atoms with Crippen molar-refractivity contribution in [3.63, 3.8) is 0 Å². The van der Waals surface area contributed by atoms with Gasteiger partial charge in [0.25, 0.3) is 0 Å². The Labute approximate surface area is 358 Å². The maximum absolute atomic E-state index is 7.31. The number of benzene rings is 7. The summed E-state index contributed by atoms with van der Waals surface area (Å²) in [7, 11) is 0. The molecule has 1 unspecified atom stereocenters. The third-order valence-corrected chi connectivity index (χ3v) is 12.9. The van der Waals surface area contributed by atoms with Gasteiger partial charge >= 0.3 is 0 Å². The van der Waals surface area contributed by atoms with Crippen molar-refractivity contribution < 1.29 is 9.15 Å². The molecular weight excluding hydrogens is 761 g/mol. The van der Waals surface area contributed by atoms with Gasteiger partial charge in [-0.15, -0.1) is 0 Å². The molecule has 0 bridgehead atoms. The predicted molar refractivity (Wildman–Crippen MR) is 252 cm³/mol. The maximum Gasteiger partial charge on any atom is 0.167 e. The average molecular weight is 801 g/mol. The van der Waals surface area contributed by atoms with Crippen molar-refractivity contribution in [3.8, 4) is 51.1 Å². The molecule has 1 aliphatic carbocycles. The van der Waals surface area contributed by atoms with Crippen LogP contribution in [0.2, 0.25) is 0 Å². The number of ether oxygens (including phenoxy) is 1. The van der Waals surface area contributed by atoms with Gasteiger partial charge in [0.1, 0.15) is 22.7 Å². The van der Waals surface area contributed by atoms with Gasteiger partial charge in [-0.05, 0) is 60.9 Å². The molecule has 7 aromatic carbocycles. The maximum atomic E-state index is 7.31. The summed E-state index contributed by atoms with van der Waals surface area (Å²) in [4.78, 5) is 15.3. The predicted octanol–water partition coefficient (Wildman–Crippen LogP) is 14.6. The van der Waals surface area contributed by atoms with E-state index in [1.807, 2.05) is 42.5 Å². The minimum Gasteiger partial charge on any atom is -0.456 e. The Hall–Kier alpha value is -7.83. The Morgan fingerprint density at radius 2 is 1.27 bits per heavy atom. The summed E-state index contributed by atoms with van der Waals surface area (Å²) in [5, 5.41) is 4.54. The number of rotatable bonds is 6. The molecule has 2 aliphatic rings. The lowest BCUT2D eigenvalue weighted by molar-refractivity contribution is 0.402. The smallest absolute Gasteiger partial charge is 0.167 e. The van der Waals surface area contributed by atoms with E-state index in [1.54, 1.807) is 0 Å². The Bertz CT molecular complexity index is 3520. The lowest BCUT2D eigenvalue weighted by Crippen LogP contribution is -2.27. The van der Waals surface area contributed by atoms with Crippen LogP contribution in [0.25, 0.3) is 88.9 Å². The number of hydrogen-bond acceptors (Lipinski definition) is 5. The van der Waals surface area contributed by atoms with Gasteiger partial charge in [0.05, 0.1) is 16.6 Å². The highest BCUT2D eigenvalue weighted by atomic mass is 16.5. The number of hydrogen-bond donors (Lipinski definition) is 0. The van der Waals surface area contributed by atoms with Gasteiger partial charge < -0.3 is 13.7 Å². The summed E-state index contributed by atoms with van der Waals surface area (Å²) in [5.74, 6) is 3.43. The normalized spacial score (nSPS) is 15.7. The van der Waals surface area contributed by atoms with E-state index >= 15 is 0 Å². The van der Waals surface area contributed by atoms with Gasteiger partial charge in [-0.1, -0.05) is 147 Å². The van der Waals surface area contributed by atoms with Crippen LogP contribution in [0.5, 0.6) is 11.5 Å². The molecule has 296 valence electrons. The van der Waals surface area contributed by atoms with E-state index in [4.69, 9.17) is 24.1 Å². The summed E-state index contributed by atoms with van der Waals surface area (Å²) in [6, 6.07) is 53.3. The first-order valence-electron chi connectivity index (χ1n) is 21.3. The van der Waals surface area contributed by atoms with E-state index in [-0.39, 0.29) is 5.41 Å². The summed E-state index contributed by atoms with van der Waals surface area (Å²) in [5.41, 5.74) is 11.8. The SMILES string of the molecule is CCC1(C)c2cccc(-c3ccc4c(c3)c3cc5c(cc3n4-c3ccccc3)oc3ccccc35)c2Oc2c(-c3nc(C4=CC=CCC=C4)nc(-c4ccccc4)n3)cccc21. The zero-order valence-electron chi connectivity index (χ0n) is 34.3. The highest BCUT2D eigenvalue weighted by molar-refractivity contribution is 6.18. The van der Waals surface area contributed by atoms with E-state index in [9.17, 15) is 0 Å². The highest BCUT2D eigenvalue weighted by Gasteiger charge is 2.39. The Balaban J connectivity index is 1.06. The van der Waals surface area contributed by atoms with Crippen LogP contribution in [-0.2, 0) is 5.41 Å². The second kappa shape index (κ2) is 14.1. The minimum absolute atomic E-state index is 0.355. The van der Waals surface area contributed by atoms with E-state index < -0.39 is 0 Å². The summed E-state index contributed by atoms with van der Waals surface area (Å²) in [6.07, 6.45) is 12.2. The van der Waals surface area contributed by atoms with E-state index in [1.165, 1.54) is 0 Å². The van der Waals surface area contributed by atoms with Crippen molar-refractivity contribution in [3.05, 3.63) is 199 Å². The fourth-order valence-electron chi connectivity index (χ4n) is 9.53. The molecule has 0 saturated carbocycles. The second-order valence-electron chi connectivity index (χ2n) is 16.4. The zero-order valence-corrected chi connectivity index (χ0v) is 34.3. The van der Waals surface area contributed by atoms with Gasteiger partial charge in [-0.2, -0.15) is 0 Å².